The Morgan fingerprint density at radius 1 is 1.39 bits per heavy atom. The lowest BCUT2D eigenvalue weighted by atomic mass is 10.0. The fourth-order valence-corrected chi connectivity index (χ4v) is 2.73. The van der Waals surface area contributed by atoms with E-state index in [0.29, 0.717) is 6.42 Å². The normalized spacial score (nSPS) is 20.2. The van der Waals surface area contributed by atoms with Gasteiger partial charge in [0.1, 0.15) is 0 Å². The second kappa shape index (κ2) is 6.14. The van der Waals surface area contributed by atoms with Crippen molar-refractivity contribution >= 4 is 5.78 Å². The Hall–Kier alpha value is -1.15. The average molecular weight is 245 g/mol. The summed E-state index contributed by atoms with van der Waals surface area (Å²) >= 11 is 0. The Bertz CT molecular complexity index is 413. The maximum Gasteiger partial charge on any atom is 0.164 e. The Labute approximate surface area is 110 Å². The van der Waals surface area contributed by atoms with Crippen LogP contribution in [0.2, 0.25) is 0 Å². The molecule has 1 heterocycles. The van der Waals surface area contributed by atoms with E-state index in [-0.39, 0.29) is 5.78 Å². The Balaban J connectivity index is 1.84. The number of rotatable bonds is 5. The van der Waals surface area contributed by atoms with Crippen LogP contribution < -0.4 is 0 Å². The number of carbonyl (C=O) groups excluding carboxylic acids is 1. The molecule has 1 aromatic carbocycles. The summed E-state index contributed by atoms with van der Waals surface area (Å²) in [6.45, 7) is 7.53. The quantitative estimate of drug-likeness (QED) is 0.742. The summed E-state index contributed by atoms with van der Waals surface area (Å²) in [5.41, 5.74) is 1.99. The van der Waals surface area contributed by atoms with Crippen LogP contribution in [0.3, 0.4) is 0 Å². The molecule has 0 aliphatic carbocycles. The molecule has 1 atom stereocenters. The van der Waals surface area contributed by atoms with Gasteiger partial charge < -0.3 is 4.90 Å². The summed E-state index contributed by atoms with van der Waals surface area (Å²) in [4.78, 5) is 14.6. The van der Waals surface area contributed by atoms with Crippen molar-refractivity contribution in [2.24, 2.45) is 5.92 Å². The smallest absolute Gasteiger partial charge is 0.164 e. The molecule has 0 saturated carbocycles. The lowest BCUT2D eigenvalue weighted by Crippen LogP contribution is -2.24. The summed E-state index contributed by atoms with van der Waals surface area (Å²) < 4.78 is 0. The molecule has 0 radical (unpaired) electrons. The van der Waals surface area contributed by atoms with Gasteiger partial charge >= 0.3 is 0 Å². The molecule has 1 fully saturated rings. The first-order valence-electron chi connectivity index (χ1n) is 7.02. The van der Waals surface area contributed by atoms with E-state index in [1.54, 1.807) is 0 Å². The van der Waals surface area contributed by atoms with Crippen LogP contribution in [-0.2, 0) is 0 Å². The van der Waals surface area contributed by atoms with Gasteiger partial charge in [-0.25, -0.2) is 0 Å². The van der Waals surface area contributed by atoms with Crippen LogP contribution in [0.25, 0.3) is 0 Å². The molecule has 0 N–H and O–H groups in total. The summed E-state index contributed by atoms with van der Waals surface area (Å²) in [6, 6.07) is 7.88. The molecule has 2 heteroatoms. The standard InChI is InChI=1S/C16H23NO/c1-3-14-8-10-17(12-14)11-9-16(18)15-7-5-4-6-13(15)2/h4-7,14H,3,8-12H2,1-2H3. The van der Waals surface area contributed by atoms with Crippen molar-refractivity contribution < 1.29 is 4.79 Å². The van der Waals surface area contributed by atoms with Crippen LogP contribution in [0.5, 0.6) is 0 Å². The molecule has 0 amide bonds. The lowest BCUT2D eigenvalue weighted by molar-refractivity contribution is 0.0967. The van der Waals surface area contributed by atoms with E-state index in [0.717, 1.165) is 23.6 Å². The number of carbonyl (C=O) groups is 1. The van der Waals surface area contributed by atoms with Gasteiger partial charge in [-0.1, -0.05) is 37.6 Å². The molecule has 0 aromatic heterocycles. The maximum absolute atomic E-state index is 12.1. The number of likely N-dealkylation sites (tertiary alicyclic amines) is 1. The van der Waals surface area contributed by atoms with Crippen LogP contribution >= 0.6 is 0 Å². The third kappa shape index (κ3) is 3.20. The average Bonchev–Trinajstić information content (AvgIpc) is 2.84. The maximum atomic E-state index is 12.1. The first kappa shape index (κ1) is 13.3. The van der Waals surface area contributed by atoms with Gasteiger partial charge in [0.25, 0.3) is 0 Å². The van der Waals surface area contributed by atoms with Crippen molar-refractivity contribution in [3.63, 3.8) is 0 Å². The first-order chi connectivity index (χ1) is 8.70. The number of benzene rings is 1. The molecule has 18 heavy (non-hydrogen) atoms. The van der Waals surface area contributed by atoms with Gasteiger partial charge in [0, 0.05) is 25.1 Å². The second-order valence-corrected chi connectivity index (χ2v) is 5.35. The highest BCUT2D eigenvalue weighted by Gasteiger charge is 2.21. The highest BCUT2D eigenvalue weighted by molar-refractivity contribution is 5.97. The third-order valence-electron chi connectivity index (χ3n) is 4.05. The van der Waals surface area contributed by atoms with E-state index >= 15 is 0 Å². The zero-order valence-corrected chi connectivity index (χ0v) is 11.5. The minimum Gasteiger partial charge on any atom is -0.303 e. The molecule has 2 nitrogen and oxygen atoms in total. The Kier molecular flexibility index (Phi) is 4.54. The topological polar surface area (TPSA) is 20.3 Å². The fourth-order valence-electron chi connectivity index (χ4n) is 2.73. The lowest BCUT2D eigenvalue weighted by Gasteiger charge is -2.15. The van der Waals surface area contributed by atoms with Crippen LogP contribution in [0.15, 0.2) is 24.3 Å². The molecule has 1 aliphatic rings. The molecule has 2 rings (SSSR count). The highest BCUT2D eigenvalue weighted by Crippen LogP contribution is 2.19. The minimum atomic E-state index is 0.285. The van der Waals surface area contributed by atoms with Crippen LogP contribution in [0.4, 0.5) is 0 Å². The van der Waals surface area contributed by atoms with Crippen molar-refractivity contribution in [1.82, 2.24) is 4.90 Å². The van der Waals surface area contributed by atoms with E-state index in [2.05, 4.69) is 11.8 Å². The van der Waals surface area contributed by atoms with Crippen molar-refractivity contribution in [3.05, 3.63) is 35.4 Å². The van der Waals surface area contributed by atoms with E-state index in [9.17, 15) is 4.79 Å². The van der Waals surface area contributed by atoms with E-state index < -0.39 is 0 Å². The zero-order chi connectivity index (χ0) is 13.0. The number of aryl methyl sites for hydroxylation is 1. The Morgan fingerprint density at radius 2 is 2.17 bits per heavy atom. The van der Waals surface area contributed by atoms with Crippen LogP contribution in [0, 0.1) is 12.8 Å². The summed E-state index contributed by atoms with van der Waals surface area (Å²) in [6.07, 6.45) is 3.22. The SMILES string of the molecule is CCC1CCN(CCC(=O)c2ccccc2C)C1. The van der Waals surface area contributed by atoms with Gasteiger partial charge in [-0.05, 0) is 31.4 Å². The second-order valence-electron chi connectivity index (χ2n) is 5.35. The number of ketones is 1. The van der Waals surface area contributed by atoms with Gasteiger partial charge in [0.05, 0.1) is 0 Å². The van der Waals surface area contributed by atoms with Gasteiger partial charge in [-0.3, -0.25) is 4.79 Å². The van der Waals surface area contributed by atoms with E-state index in [1.165, 1.54) is 25.9 Å². The van der Waals surface area contributed by atoms with Crippen molar-refractivity contribution in [2.75, 3.05) is 19.6 Å². The molecule has 0 bridgehead atoms. The minimum absolute atomic E-state index is 0.285. The van der Waals surface area contributed by atoms with Crippen LogP contribution in [-0.4, -0.2) is 30.3 Å². The molecule has 0 spiro atoms. The first-order valence-corrected chi connectivity index (χ1v) is 7.02. The number of nitrogens with zero attached hydrogens (tertiary/aromatic N) is 1. The molecule has 1 unspecified atom stereocenters. The largest absolute Gasteiger partial charge is 0.303 e. The van der Waals surface area contributed by atoms with Gasteiger partial charge in [0.2, 0.25) is 0 Å². The summed E-state index contributed by atoms with van der Waals surface area (Å²) in [5.74, 6) is 1.13. The van der Waals surface area contributed by atoms with Crippen molar-refractivity contribution in [3.8, 4) is 0 Å². The number of hydrogen-bond acceptors (Lipinski definition) is 2. The molecule has 1 saturated heterocycles. The predicted octanol–water partition coefficient (Wildman–Crippen LogP) is 3.30. The van der Waals surface area contributed by atoms with Crippen LogP contribution in [0.1, 0.15) is 42.1 Å². The predicted molar refractivity (Wildman–Crippen MR) is 75.0 cm³/mol. The van der Waals surface area contributed by atoms with Crippen molar-refractivity contribution in [2.45, 2.75) is 33.1 Å². The number of Topliss-reactive ketones (excluding diaryl/α,β-unsaturated/α-hetero) is 1. The highest BCUT2D eigenvalue weighted by atomic mass is 16.1. The zero-order valence-electron chi connectivity index (χ0n) is 11.5. The summed E-state index contributed by atoms with van der Waals surface area (Å²) in [5, 5.41) is 0. The number of hydrogen-bond donors (Lipinski definition) is 0. The Morgan fingerprint density at radius 3 is 2.83 bits per heavy atom. The van der Waals surface area contributed by atoms with Crippen molar-refractivity contribution in [1.29, 1.82) is 0 Å². The fraction of sp³-hybridized carbons (Fsp3) is 0.562. The van der Waals surface area contributed by atoms with Gasteiger partial charge in [-0.2, -0.15) is 0 Å². The summed E-state index contributed by atoms with van der Waals surface area (Å²) in [7, 11) is 0. The molecule has 1 aliphatic heterocycles. The molecular formula is C16H23NO. The molecule has 1 aromatic rings. The van der Waals surface area contributed by atoms with Gasteiger partial charge in [-0.15, -0.1) is 0 Å². The van der Waals surface area contributed by atoms with Gasteiger partial charge in [0.15, 0.2) is 5.78 Å². The van der Waals surface area contributed by atoms with E-state index in [1.807, 2.05) is 31.2 Å². The van der Waals surface area contributed by atoms with E-state index in [4.69, 9.17) is 0 Å². The molecular weight excluding hydrogens is 222 g/mol. The monoisotopic (exact) mass is 245 g/mol. The molecule has 98 valence electrons. The third-order valence-corrected chi connectivity index (χ3v) is 4.05.